The van der Waals surface area contributed by atoms with E-state index in [2.05, 4.69) is 46.9 Å². The summed E-state index contributed by atoms with van der Waals surface area (Å²) in [5.41, 5.74) is 3.69. The average Bonchev–Trinajstić information content (AvgIpc) is 2.85. The zero-order chi connectivity index (χ0) is 27.7. The van der Waals surface area contributed by atoms with Gasteiger partial charge in [0.05, 0.1) is 10.6 Å². The van der Waals surface area contributed by atoms with Gasteiger partial charge >= 0.3 is 0 Å². The van der Waals surface area contributed by atoms with E-state index in [-0.39, 0.29) is 29.2 Å². The molecule has 3 aromatic rings. The molecule has 0 spiro atoms. The predicted molar refractivity (Wildman–Crippen MR) is 156 cm³/mol. The molecule has 5 nitrogen and oxygen atoms in total. The van der Waals surface area contributed by atoms with Gasteiger partial charge in [-0.25, -0.2) is 0 Å². The molecule has 1 aliphatic rings. The Kier molecular flexibility index (Phi) is 7.75. The van der Waals surface area contributed by atoms with Gasteiger partial charge in [0, 0.05) is 22.6 Å². The third kappa shape index (κ3) is 6.13. The molecule has 2 N–H and O–H groups in total. The normalized spacial score (nSPS) is 14.9. The van der Waals surface area contributed by atoms with Crippen LogP contribution in [0.1, 0.15) is 63.8 Å². The van der Waals surface area contributed by atoms with Crippen LogP contribution in [-0.4, -0.2) is 23.5 Å². The number of thioether (sulfide) groups is 1. The van der Waals surface area contributed by atoms with Crippen LogP contribution in [0.2, 0.25) is 0 Å². The number of nitrogens with one attached hydrogen (secondary N) is 1. The molecule has 0 saturated carbocycles. The molecule has 1 aliphatic heterocycles. The van der Waals surface area contributed by atoms with Gasteiger partial charge in [0.25, 0.3) is 5.91 Å². The van der Waals surface area contributed by atoms with Crippen molar-refractivity contribution in [2.45, 2.75) is 63.8 Å². The quantitative estimate of drug-likeness (QED) is 0.358. The number of fused-ring (bicyclic) bond motifs is 1. The second kappa shape index (κ2) is 10.7. The summed E-state index contributed by atoms with van der Waals surface area (Å²) in [7, 11) is 0. The van der Waals surface area contributed by atoms with Crippen molar-refractivity contribution in [2.75, 3.05) is 11.4 Å². The number of rotatable bonds is 5. The Balaban J connectivity index is 1.68. The van der Waals surface area contributed by atoms with Gasteiger partial charge in [0.2, 0.25) is 5.91 Å². The lowest BCUT2D eigenvalue weighted by molar-refractivity contribution is -0.122. The van der Waals surface area contributed by atoms with Gasteiger partial charge in [-0.2, -0.15) is 0 Å². The Bertz CT molecular complexity index is 1350. The molecule has 1 heterocycles. The summed E-state index contributed by atoms with van der Waals surface area (Å²) in [6.45, 7) is 12.7. The molecule has 2 amide bonds. The monoisotopic (exact) mass is 528 g/mol. The molecule has 6 heteroatoms. The number of hydrogen-bond donors (Lipinski definition) is 2. The highest BCUT2D eigenvalue weighted by atomic mass is 32.2. The number of benzene rings is 3. The summed E-state index contributed by atoms with van der Waals surface area (Å²) in [5.74, 6) is -0.138. The minimum atomic E-state index is -0.280. The molecular weight excluding hydrogens is 492 g/mol. The SMILES string of the molecule is CC(C)(C)c1cc(/C=C2\Sc3ccccc3N(CC(=O)NCc3ccccc3)C2=O)cc(C(C)(C)C)c1O. The predicted octanol–water partition coefficient (Wildman–Crippen LogP) is 6.78. The number of nitrogens with zero attached hydrogens (tertiary/aromatic N) is 1. The molecule has 0 unspecified atom stereocenters. The van der Waals surface area contributed by atoms with Gasteiger partial charge in [-0.05, 0) is 52.3 Å². The molecule has 0 saturated heterocycles. The van der Waals surface area contributed by atoms with Gasteiger partial charge in [-0.15, -0.1) is 0 Å². The summed E-state index contributed by atoms with van der Waals surface area (Å²) >= 11 is 1.41. The summed E-state index contributed by atoms with van der Waals surface area (Å²) in [6, 6.07) is 21.3. The van der Waals surface area contributed by atoms with Crippen molar-refractivity contribution in [3.8, 4) is 5.75 Å². The zero-order valence-corrected chi connectivity index (χ0v) is 23.8. The molecule has 0 atom stereocenters. The van der Waals surface area contributed by atoms with E-state index < -0.39 is 0 Å². The van der Waals surface area contributed by atoms with E-state index in [1.807, 2.05) is 72.8 Å². The largest absolute Gasteiger partial charge is 0.507 e. The number of carbonyl (C=O) groups is 2. The highest BCUT2D eigenvalue weighted by molar-refractivity contribution is 8.04. The zero-order valence-electron chi connectivity index (χ0n) is 23.0. The fraction of sp³-hybridized carbons (Fsp3) is 0.312. The van der Waals surface area contributed by atoms with Crippen molar-refractivity contribution in [1.82, 2.24) is 5.32 Å². The van der Waals surface area contributed by atoms with Crippen molar-refractivity contribution < 1.29 is 14.7 Å². The van der Waals surface area contributed by atoms with Crippen molar-refractivity contribution in [1.29, 1.82) is 0 Å². The summed E-state index contributed by atoms with van der Waals surface area (Å²) in [4.78, 5) is 29.6. The van der Waals surface area contributed by atoms with Gasteiger partial charge in [-0.3, -0.25) is 14.5 Å². The first kappa shape index (κ1) is 27.5. The van der Waals surface area contributed by atoms with Crippen molar-refractivity contribution in [2.24, 2.45) is 0 Å². The molecule has 4 rings (SSSR count). The smallest absolute Gasteiger partial charge is 0.265 e. The van der Waals surface area contributed by atoms with E-state index in [0.29, 0.717) is 17.2 Å². The van der Waals surface area contributed by atoms with E-state index in [9.17, 15) is 14.7 Å². The van der Waals surface area contributed by atoms with Crippen LogP contribution in [0.15, 0.2) is 76.5 Å². The van der Waals surface area contributed by atoms with E-state index in [0.717, 1.165) is 32.8 Å². The number of para-hydroxylation sites is 1. The van der Waals surface area contributed by atoms with Crippen LogP contribution in [0.3, 0.4) is 0 Å². The second-order valence-electron chi connectivity index (χ2n) is 11.7. The van der Waals surface area contributed by atoms with Gasteiger partial charge < -0.3 is 10.4 Å². The highest BCUT2D eigenvalue weighted by Gasteiger charge is 2.31. The van der Waals surface area contributed by atoms with Crippen LogP contribution in [0, 0.1) is 0 Å². The highest BCUT2D eigenvalue weighted by Crippen LogP contribution is 2.44. The molecule has 198 valence electrons. The first-order valence-corrected chi connectivity index (χ1v) is 13.7. The van der Waals surface area contributed by atoms with Gasteiger partial charge in [0.1, 0.15) is 12.3 Å². The van der Waals surface area contributed by atoms with E-state index in [1.165, 1.54) is 11.8 Å². The summed E-state index contributed by atoms with van der Waals surface area (Å²) < 4.78 is 0. The maximum absolute atomic E-state index is 13.7. The number of anilines is 1. The van der Waals surface area contributed by atoms with Crippen LogP contribution in [0.5, 0.6) is 5.75 Å². The molecule has 3 aromatic carbocycles. The molecule has 0 bridgehead atoms. The topological polar surface area (TPSA) is 69.6 Å². The molecular formula is C32H36N2O3S. The number of amides is 2. The van der Waals surface area contributed by atoms with E-state index in [4.69, 9.17) is 0 Å². The maximum Gasteiger partial charge on any atom is 0.265 e. The van der Waals surface area contributed by atoms with Crippen LogP contribution in [0.4, 0.5) is 5.69 Å². The van der Waals surface area contributed by atoms with Crippen LogP contribution in [0.25, 0.3) is 6.08 Å². The second-order valence-corrected chi connectivity index (χ2v) is 12.8. The Hall–Kier alpha value is -3.51. The fourth-order valence-electron chi connectivity index (χ4n) is 4.45. The Labute approximate surface area is 230 Å². The van der Waals surface area contributed by atoms with E-state index in [1.54, 1.807) is 4.90 Å². The summed E-state index contributed by atoms with van der Waals surface area (Å²) in [5, 5.41) is 14.0. The third-order valence-corrected chi connectivity index (χ3v) is 7.59. The number of aromatic hydroxyl groups is 1. The van der Waals surface area contributed by atoms with Crippen LogP contribution >= 0.6 is 11.8 Å². The number of phenolic OH excluding ortho intramolecular Hbond substituents is 1. The Morgan fingerprint density at radius 3 is 2.11 bits per heavy atom. The lowest BCUT2D eigenvalue weighted by Gasteiger charge is -2.30. The van der Waals surface area contributed by atoms with E-state index >= 15 is 0 Å². The maximum atomic E-state index is 13.7. The molecule has 0 aliphatic carbocycles. The molecule has 38 heavy (non-hydrogen) atoms. The Morgan fingerprint density at radius 2 is 1.50 bits per heavy atom. The number of phenols is 1. The molecule has 0 fully saturated rings. The van der Waals surface area contributed by atoms with Gasteiger partial charge in [-0.1, -0.05) is 95.8 Å². The number of carbonyl (C=O) groups excluding carboxylic acids is 2. The summed E-state index contributed by atoms with van der Waals surface area (Å²) in [6.07, 6.45) is 1.88. The van der Waals surface area contributed by atoms with Crippen LogP contribution in [-0.2, 0) is 27.0 Å². The molecule has 0 radical (unpaired) electrons. The minimum absolute atomic E-state index is 0.0728. The fourth-order valence-corrected chi connectivity index (χ4v) is 5.51. The standard InChI is InChI=1S/C32H36N2O3S/c1-31(2,3)23-16-22(17-24(29(23)36)32(4,5)6)18-27-30(37)34(25-14-10-11-15-26(25)38-27)20-28(35)33-19-21-12-8-7-9-13-21/h7-18,36H,19-20H2,1-6H3,(H,33,35)/b27-18-. The molecule has 0 aromatic heterocycles. The first-order chi connectivity index (χ1) is 17.8. The lowest BCUT2D eigenvalue weighted by Crippen LogP contribution is -2.42. The number of hydrogen-bond acceptors (Lipinski definition) is 4. The first-order valence-electron chi connectivity index (χ1n) is 12.8. The van der Waals surface area contributed by atoms with Crippen molar-refractivity contribution in [3.63, 3.8) is 0 Å². The minimum Gasteiger partial charge on any atom is -0.507 e. The van der Waals surface area contributed by atoms with Crippen molar-refractivity contribution in [3.05, 3.63) is 93.9 Å². The lowest BCUT2D eigenvalue weighted by atomic mass is 9.78. The van der Waals surface area contributed by atoms with Crippen LogP contribution < -0.4 is 10.2 Å². The van der Waals surface area contributed by atoms with Gasteiger partial charge in [0.15, 0.2) is 0 Å². The van der Waals surface area contributed by atoms with Crippen molar-refractivity contribution >= 4 is 35.3 Å². The Morgan fingerprint density at radius 1 is 0.921 bits per heavy atom. The average molecular weight is 529 g/mol. The third-order valence-electron chi connectivity index (χ3n) is 6.51.